The highest BCUT2D eigenvalue weighted by Gasteiger charge is 2.44. The number of aromatic nitrogens is 3. The van der Waals surface area contributed by atoms with Gasteiger partial charge in [0.05, 0.1) is 23.2 Å². The first-order chi connectivity index (χ1) is 18.1. The number of piperazine rings is 1. The summed E-state index contributed by atoms with van der Waals surface area (Å²) in [6.07, 6.45) is -2.50. The molecule has 3 aromatic rings. The van der Waals surface area contributed by atoms with Crippen molar-refractivity contribution in [3.05, 3.63) is 59.2 Å². The van der Waals surface area contributed by atoms with Gasteiger partial charge in [-0.15, -0.1) is 10.2 Å². The Labute approximate surface area is 215 Å². The van der Waals surface area contributed by atoms with Gasteiger partial charge in [0.2, 0.25) is 11.8 Å². The highest BCUT2D eigenvalue weighted by Crippen LogP contribution is 2.37. The van der Waals surface area contributed by atoms with E-state index >= 15 is 0 Å². The van der Waals surface area contributed by atoms with Crippen LogP contribution in [0.4, 0.5) is 19.3 Å². The highest BCUT2D eigenvalue weighted by molar-refractivity contribution is 6.13. The SMILES string of the molecule is CC1(C)C(=O)N(Cc2ccc(-c3nnc(C(F)F)o3)cn2)C(=O)c2cc(N3CCN(C(=O)O)CC3)ccc21. The van der Waals surface area contributed by atoms with Crippen LogP contribution >= 0.6 is 0 Å². The van der Waals surface area contributed by atoms with E-state index < -0.39 is 29.7 Å². The van der Waals surface area contributed by atoms with Gasteiger partial charge in [0.1, 0.15) is 0 Å². The summed E-state index contributed by atoms with van der Waals surface area (Å²) in [6.45, 7) is 5.10. The molecule has 0 unspecified atom stereocenters. The maximum absolute atomic E-state index is 13.5. The minimum Gasteiger partial charge on any atom is -0.465 e. The molecule has 2 aromatic heterocycles. The molecule has 0 bridgehead atoms. The van der Waals surface area contributed by atoms with Gasteiger partial charge < -0.3 is 19.3 Å². The Kier molecular flexibility index (Phi) is 6.29. The number of carboxylic acid groups (broad SMARTS) is 1. The van der Waals surface area contributed by atoms with Gasteiger partial charge in [-0.05, 0) is 43.7 Å². The zero-order chi connectivity index (χ0) is 27.2. The number of alkyl halides is 2. The number of anilines is 1. The second kappa shape index (κ2) is 9.47. The van der Waals surface area contributed by atoms with Crippen LogP contribution in [-0.2, 0) is 16.8 Å². The molecule has 0 aliphatic carbocycles. The van der Waals surface area contributed by atoms with Crippen molar-refractivity contribution in [1.29, 1.82) is 0 Å². The average molecular weight is 527 g/mol. The third kappa shape index (κ3) is 4.44. The van der Waals surface area contributed by atoms with E-state index in [0.717, 1.165) is 10.6 Å². The Hall–Kier alpha value is -4.42. The number of pyridine rings is 1. The predicted molar refractivity (Wildman–Crippen MR) is 129 cm³/mol. The molecule has 38 heavy (non-hydrogen) atoms. The molecule has 0 radical (unpaired) electrons. The van der Waals surface area contributed by atoms with Crippen LogP contribution in [0.1, 0.15) is 47.8 Å². The topological polar surface area (TPSA) is 133 Å². The van der Waals surface area contributed by atoms with Crippen molar-refractivity contribution in [2.75, 3.05) is 31.1 Å². The van der Waals surface area contributed by atoms with E-state index in [1.165, 1.54) is 17.2 Å². The number of rotatable bonds is 5. The molecule has 1 aromatic carbocycles. The number of imide groups is 1. The largest absolute Gasteiger partial charge is 0.465 e. The quantitative estimate of drug-likeness (QED) is 0.497. The van der Waals surface area contributed by atoms with Crippen LogP contribution in [0, 0.1) is 0 Å². The summed E-state index contributed by atoms with van der Waals surface area (Å²) in [5.41, 5.74) is 1.55. The van der Waals surface area contributed by atoms with E-state index in [-0.39, 0.29) is 18.3 Å². The average Bonchev–Trinajstić information content (AvgIpc) is 3.41. The van der Waals surface area contributed by atoms with Gasteiger partial charge in [-0.3, -0.25) is 19.5 Å². The molecular formula is C25H24F2N6O5. The number of benzene rings is 1. The van der Waals surface area contributed by atoms with Gasteiger partial charge >= 0.3 is 12.5 Å². The van der Waals surface area contributed by atoms with Crippen LogP contribution < -0.4 is 4.90 Å². The van der Waals surface area contributed by atoms with Gasteiger partial charge in [-0.1, -0.05) is 6.07 Å². The van der Waals surface area contributed by atoms with Gasteiger partial charge in [-0.2, -0.15) is 8.78 Å². The number of hydrogen-bond donors (Lipinski definition) is 1. The molecule has 0 spiro atoms. The van der Waals surface area contributed by atoms with Crippen LogP contribution in [0.3, 0.4) is 0 Å². The molecule has 3 amide bonds. The van der Waals surface area contributed by atoms with E-state index in [9.17, 15) is 28.3 Å². The van der Waals surface area contributed by atoms with Gasteiger partial charge in [-0.25, -0.2) is 4.79 Å². The number of nitrogens with zero attached hydrogens (tertiary/aromatic N) is 6. The maximum atomic E-state index is 13.5. The molecule has 0 atom stereocenters. The molecule has 1 N–H and O–H groups in total. The van der Waals surface area contributed by atoms with E-state index in [2.05, 4.69) is 15.2 Å². The van der Waals surface area contributed by atoms with Gasteiger partial charge in [0.25, 0.3) is 11.8 Å². The van der Waals surface area contributed by atoms with Crippen LogP contribution in [-0.4, -0.2) is 74.2 Å². The fourth-order valence-corrected chi connectivity index (χ4v) is 4.69. The second-order valence-corrected chi connectivity index (χ2v) is 9.59. The number of hydrogen-bond acceptors (Lipinski definition) is 8. The monoisotopic (exact) mass is 526 g/mol. The maximum Gasteiger partial charge on any atom is 0.407 e. The standard InChI is InChI=1S/C25H24F2N6O5/c1-25(2)18-6-5-16(31-7-9-32(10-8-31)24(36)37)11-17(18)22(34)33(23(25)35)13-15-4-3-14(12-28-15)20-29-30-21(38-20)19(26)27/h3-6,11-12,19H,7-10,13H2,1-2H3,(H,36,37). The first kappa shape index (κ1) is 25.2. The summed E-state index contributed by atoms with van der Waals surface area (Å²) in [7, 11) is 0. The van der Waals surface area contributed by atoms with Gasteiger partial charge in [0.15, 0.2) is 0 Å². The molecule has 0 saturated carbocycles. The fraction of sp³-hybridized carbons (Fsp3) is 0.360. The number of carbonyl (C=O) groups excluding carboxylic acids is 2. The lowest BCUT2D eigenvalue weighted by Gasteiger charge is -2.39. The molecular weight excluding hydrogens is 502 g/mol. The molecule has 198 valence electrons. The molecule has 2 aliphatic heterocycles. The van der Waals surface area contributed by atoms with E-state index in [1.807, 2.05) is 11.0 Å². The van der Waals surface area contributed by atoms with Crippen LogP contribution in [0.5, 0.6) is 0 Å². The lowest BCUT2D eigenvalue weighted by atomic mass is 9.77. The van der Waals surface area contributed by atoms with Crippen molar-refractivity contribution in [2.24, 2.45) is 0 Å². The summed E-state index contributed by atoms with van der Waals surface area (Å²) in [5, 5.41) is 16.1. The van der Waals surface area contributed by atoms with Crippen molar-refractivity contribution in [3.8, 4) is 11.5 Å². The molecule has 4 heterocycles. The summed E-state index contributed by atoms with van der Waals surface area (Å²) < 4.78 is 30.4. The first-order valence-electron chi connectivity index (χ1n) is 11.9. The molecule has 5 rings (SSSR count). The Bertz CT molecular complexity index is 1400. The normalized spacial score (nSPS) is 17.2. The molecule has 11 nitrogen and oxygen atoms in total. The number of fused-ring (bicyclic) bond motifs is 1. The lowest BCUT2D eigenvalue weighted by molar-refractivity contribution is -0.134. The van der Waals surface area contributed by atoms with Crippen LogP contribution in [0.15, 0.2) is 40.9 Å². The van der Waals surface area contributed by atoms with Crippen molar-refractivity contribution >= 4 is 23.6 Å². The molecule has 1 saturated heterocycles. The van der Waals surface area contributed by atoms with Crippen molar-refractivity contribution in [2.45, 2.75) is 32.2 Å². The predicted octanol–water partition coefficient (Wildman–Crippen LogP) is 3.33. The number of carbonyl (C=O) groups is 3. The minimum absolute atomic E-state index is 0.0888. The summed E-state index contributed by atoms with van der Waals surface area (Å²) >= 11 is 0. The minimum atomic E-state index is -2.89. The Morgan fingerprint density at radius 3 is 2.45 bits per heavy atom. The van der Waals surface area contributed by atoms with Crippen molar-refractivity contribution in [1.82, 2.24) is 25.0 Å². The third-order valence-electron chi connectivity index (χ3n) is 6.87. The molecule has 13 heteroatoms. The Morgan fingerprint density at radius 1 is 1.11 bits per heavy atom. The molecule has 1 fully saturated rings. The highest BCUT2D eigenvalue weighted by atomic mass is 19.3. The van der Waals surface area contributed by atoms with Crippen LogP contribution in [0.25, 0.3) is 11.5 Å². The van der Waals surface area contributed by atoms with Crippen molar-refractivity contribution < 1.29 is 32.7 Å². The third-order valence-corrected chi connectivity index (χ3v) is 6.87. The number of halogens is 2. The van der Waals surface area contributed by atoms with Crippen LogP contribution in [0.2, 0.25) is 0 Å². The first-order valence-corrected chi connectivity index (χ1v) is 11.9. The van der Waals surface area contributed by atoms with E-state index in [4.69, 9.17) is 4.42 Å². The van der Waals surface area contributed by atoms with E-state index in [0.29, 0.717) is 48.6 Å². The smallest absolute Gasteiger partial charge is 0.407 e. The fourth-order valence-electron chi connectivity index (χ4n) is 4.69. The summed E-state index contributed by atoms with van der Waals surface area (Å²) in [4.78, 5) is 46.9. The summed E-state index contributed by atoms with van der Waals surface area (Å²) in [6, 6.07) is 8.49. The zero-order valence-corrected chi connectivity index (χ0v) is 20.6. The Morgan fingerprint density at radius 2 is 1.84 bits per heavy atom. The zero-order valence-electron chi connectivity index (χ0n) is 20.6. The van der Waals surface area contributed by atoms with Gasteiger partial charge in [0, 0.05) is 43.6 Å². The number of amides is 3. The summed E-state index contributed by atoms with van der Waals surface area (Å²) in [5.74, 6) is -1.74. The molecule has 2 aliphatic rings. The Balaban J connectivity index is 1.37. The van der Waals surface area contributed by atoms with E-state index in [1.54, 1.807) is 32.0 Å². The second-order valence-electron chi connectivity index (χ2n) is 9.59. The van der Waals surface area contributed by atoms with Crippen molar-refractivity contribution in [3.63, 3.8) is 0 Å². The lowest BCUT2D eigenvalue weighted by Crippen LogP contribution is -2.51.